The van der Waals surface area contributed by atoms with Crippen LogP contribution >= 0.6 is 23.2 Å². The van der Waals surface area contributed by atoms with E-state index < -0.39 is 0 Å². The van der Waals surface area contributed by atoms with E-state index in [0.717, 1.165) is 81.7 Å². The normalized spacial score (nSPS) is 12.6. The summed E-state index contributed by atoms with van der Waals surface area (Å²) < 4.78 is 12.8. The van der Waals surface area contributed by atoms with Gasteiger partial charge in [-0.05, 0) is 70.2 Å². The fraction of sp³-hybridized carbons (Fsp3) is 0.333. The number of phenols is 2. The van der Waals surface area contributed by atoms with Crippen molar-refractivity contribution in [3.63, 3.8) is 0 Å². The molecule has 1 aliphatic carbocycles. The number of hydrogen-bond acceptors (Lipinski definition) is 4. The quantitative estimate of drug-likeness (QED) is 0.124. The van der Waals surface area contributed by atoms with Crippen LogP contribution in [-0.2, 0) is 25.7 Å². The van der Waals surface area contributed by atoms with Crippen LogP contribution in [0.4, 0.5) is 0 Å². The van der Waals surface area contributed by atoms with Crippen LogP contribution in [0.15, 0.2) is 72.8 Å². The third-order valence-electron chi connectivity index (χ3n) is 7.83. The van der Waals surface area contributed by atoms with Crippen LogP contribution in [0, 0.1) is 0 Å². The Labute approximate surface area is 258 Å². The van der Waals surface area contributed by atoms with Crippen molar-refractivity contribution in [1.82, 2.24) is 0 Å². The molecule has 0 heterocycles. The molecule has 2 N–H and O–H groups in total. The van der Waals surface area contributed by atoms with Gasteiger partial charge in [0.15, 0.2) is 0 Å². The number of benzene rings is 4. The summed E-state index contributed by atoms with van der Waals surface area (Å²) in [7, 11) is 0. The fourth-order valence-electron chi connectivity index (χ4n) is 5.63. The maximum atomic E-state index is 11.5. The van der Waals surface area contributed by atoms with Crippen molar-refractivity contribution < 1.29 is 19.7 Å². The third-order valence-corrected chi connectivity index (χ3v) is 8.37. The monoisotopic (exact) mass is 604 g/mol. The molecule has 0 aromatic heterocycles. The van der Waals surface area contributed by atoms with E-state index in [9.17, 15) is 10.2 Å². The van der Waals surface area contributed by atoms with E-state index >= 15 is 0 Å². The highest BCUT2D eigenvalue weighted by Gasteiger charge is 2.20. The van der Waals surface area contributed by atoms with Crippen molar-refractivity contribution in [2.75, 3.05) is 25.0 Å². The molecule has 0 saturated heterocycles. The van der Waals surface area contributed by atoms with E-state index in [1.54, 1.807) is 0 Å². The second-order valence-electron chi connectivity index (χ2n) is 10.9. The lowest BCUT2D eigenvalue weighted by molar-refractivity contribution is 0.304. The summed E-state index contributed by atoms with van der Waals surface area (Å²) in [5.74, 6) is 3.41. The lowest BCUT2D eigenvalue weighted by Gasteiger charge is -2.20. The molecule has 4 nitrogen and oxygen atoms in total. The lowest BCUT2D eigenvalue weighted by Crippen LogP contribution is -2.07. The predicted octanol–water partition coefficient (Wildman–Crippen LogP) is 8.57. The number of alkyl halides is 2. The summed E-state index contributed by atoms with van der Waals surface area (Å²) in [4.78, 5) is 0. The van der Waals surface area contributed by atoms with Gasteiger partial charge in [0.1, 0.15) is 23.0 Å². The van der Waals surface area contributed by atoms with Gasteiger partial charge in [-0.15, -0.1) is 23.2 Å². The van der Waals surface area contributed by atoms with Crippen LogP contribution in [0.25, 0.3) is 0 Å². The Balaban J connectivity index is 1.62. The number of para-hydroxylation sites is 4. The number of halogens is 2. The molecule has 8 bridgehead atoms. The van der Waals surface area contributed by atoms with Gasteiger partial charge in [-0.1, -0.05) is 72.8 Å². The van der Waals surface area contributed by atoms with Crippen molar-refractivity contribution in [2.45, 2.75) is 51.4 Å². The van der Waals surface area contributed by atoms with Crippen molar-refractivity contribution in [3.8, 4) is 23.0 Å². The maximum Gasteiger partial charge on any atom is 0.126 e. The smallest absolute Gasteiger partial charge is 0.126 e. The summed E-state index contributed by atoms with van der Waals surface area (Å²) in [5.41, 5.74) is 7.36. The third kappa shape index (κ3) is 7.17. The second-order valence-corrected chi connectivity index (χ2v) is 11.6. The van der Waals surface area contributed by atoms with Gasteiger partial charge >= 0.3 is 0 Å². The maximum absolute atomic E-state index is 11.5. The Morgan fingerprint density at radius 3 is 1.02 bits per heavy atom. The first-order valence-electron chi connectivity index (χ1n) is 14.8. The Morgan fingerprint density at radius 2 is 0.738 bits per heavy atom. The summed E-state index contributed by atoms with van der Waals surface area (Å²) in [6.07, 6.45) is 5.54. The van der Waals surface area contributed by atoms with Gasteiger partial charge in [0, 0.05) is 37.4 Å². The van der Waals surface area contributed by atoms with E-state index in [2.05, 4.69) is 24.3 Å². The van der Waals surface area contributed by atoms with Crippen LogP contribution in [0.5, 0.6) is 23.0 Å². The van der Waals surface area contributed by atoms with E-state index in [4.69, 9.17) is 32.7 Å². The fourth-order valence-corrected chi connectivity index (χ4v) is 6.00. The minimum atomic E-state index is 0.296. The Bertz CT molecular complexity index is 1300. The first-order valence-corrected chi connectivity index (χ1v) is 15.8. The molecule has 0 fully saturated rings. The summed E-state index contributed by atoms with van der Waals surface area (Å²) in [6, 6.07) is 24.2. The predicted molar refractivity (Wildman–Crippen MR) is 171 cm³/mol. The molecule has 220 valence electrons. The summed E-state index contributed by atoms with van der Waals surface area (Å²) >= 11 is 11.8. The lowest BCUT2D eigenvalue weighted by atomic mass is 9.91. The first-order chi connectivity index (χ1) is 20.6. The largest absolute Gasteiger partial charge is 0.507 e. The van der Waals surface area contributed by atoms with Crippen molar-refractivity contribution in [1.29, 1.82) is 0 Å². The van der Waals surface area contributed by atoms with Gasteiger partial charge < -0.3 is 19.7 Å². The Morgan fingerprint density at radius 1 is 0.452 bits per heavy atom. The molecule has 6 heteroatoms. The molecule has 4 aromatic carbocycles. The van der Waals surface area contributed by atoms with E-state index in [0.29, 0.717) is 62.2 Å². The Kier molecular flexibility index (Phi) is 10.6. The highest BCUT2D eigenvalue weighted by atomic mass is 35.5. The molecule has 5 rings (SSSR count). The average Bonchev–Trinajstić information content (AvgIpc) is 2.99. The molecule has 4 aromatic rings. The molecule has 0 amide bonds. The minimum absolute atomic E-state index is 0.296. The topological polar surface area (TPSA) is 58.9 Å². The molecule has 1 aliphatic rings. The van der Waals surface area contributed by atoms with Gasteiger partial charge in [-0.3, -0.25) is 0 Å². The summed E-state index contributed by atoms with van der Waals surface area (Å²) in [5, 5.41) is 23.0. The van der Waals surface area contributed by atoms with Crippen molar-refractivity contribution in [2.24, 2.45) is 0 Å². The van der Waals surface area contributed by atoms with Crippen molar-refractivity contribution >= 4 is 23.2 Å². The second kappa shape index (κ2) is 14.7. The Hall–Kier alpha value is -3.34. The van der Waals surface area contributed by atoms with Crippen molar-refractivity contribution in [3.05, 3.63) is 117 Å². The molecule has 0 atom stereocenters. The van der Waals surface area contributed by atoms with Gasteiger partial charge in [-0.2, -0.15) is 0 Å². The van der Waals surface area contributed by atoms with Gasteiger partial charge in [0.05, 0.1) is 13.2 Å². The van der Waals surface area contributed by atoms with Crippen LogP contribution < -0.4 is 9.47 Å². The van der Waals surface area contributed by atoms with Gasteiger partial charge in [0.2, 0.25) is 0 Å². The average molecular weight is 606 g/mol. The molecule has 0 radical (unpaired) electrons. The standard InChI is InChI=1S/C36H38Cl2O4/c37-17-1-3-19-41-35-29-13-7-14-30(35)22-26-10-6-12-28(34(26)40)24-32-16-8-15-31(36(32)42-20-4-2-18-38)23-27-11-5-9-25(21-29)33(27)39/h5-16,39-40H,1-4,17-24H2. The van der Waals surface area contributed by atoms with Crippen LogP contribution in [0.3, 0.4) is 0 Å². The summed E-state index contributed by atoms with van der Waals surface area (Å²) in [6.45, 7) is 1.11. The van der Waals surface area contributed by atoms with Crippen LogP contribution in [0.1, 0.15) is 70.2 Å². The number of ether oxygens (including phenoxy) is 2. The number of hydrogen-bond donors (Lipinski definition) is 2. The molecule has 0 saturated carbocycles. The van der Waals surface area contributed by atoms with E-state index in [-0.39, 0.29) is 0 Å². The minimum Gasteiger partial charge on any atom is -0.507 e. The molecule has 0 unspecified atom stereocenters. The molecule has 42 heavy (non-hydrogen) atoms. The zero-order valence-corrected chi connectivity index (χ0v) is 25.4. The number of phenolic OH excluding ortho intramolecular Hbond substituents is 2. The highest BCUT2D eigenvalue weighted by molar-refractivity contribution is 6.18. The molecular weight excluding hydrogens is 567 g/mol. The van der Waals surface area contributed by atoms with E-state index in [1.165, 1.54) is 0 Å². The highest BCUT2D eigenvalue weighted by Crippen LogP contribution is 2.38. The molecule has 0 spiro atoms. The SMILES string of the molecule is Oc1c2cccc1Cc1cccc(c1OCCCCCl)Cc1cccc(c1O)Cc1cccc(c1OCCCCCl)C2. The van der Waals surface area contributed by atoms with Crippen LogP contribution in [0.2, 0.25) is 0 Å². The number of unbranched alkanes of at least 4 members (excludes halogenated alkanes) is 2. The number of rotatable bonds is 10. The zero-order valence-electron chi connectivity index (χ0n) is 23.9. The first kappa shape index (κ1) is 30.1. The van der Waals surface area contributed by atoms with Gasteiger partial charge in [0.25, 0.3) is 0 Å². The van der Waals surface area contributed by atoms with E-state index in [1.807, 2.05) is 48.5 Å². The zero-order chi connectivity index (χ0) is 29.3. The molecular formula is C36H38Cl2O4. The number of fused-ring (bicyclic) bond motifs is 8. The number of aromatic hydroxyl groups is 2. The van der Waals surface area contributed by atoms with Gasteiger partial charge in [-0.25, -0.2) is 0 Å². The van der Waals surface area contributed by atoms with Crippen LogP contribution in [-0.4, -0.2) is 35.2 Å². The molecule has 0 aliphatic heterocycles.